The number of hydrogen-bond acceptors (Lipinski definition) is 12. The van der Waals surface area contributed by atoms with Gasteiger partial charge >= 0.3 is 0 Å². The number of rotatable bonds is 34. The highest BCUT2D eigenvalue weighted by Gasteiger charge is 2.40. The van der Waals surface area contributed by atoms with Crippen LogP contribution >= 0.6 is 0 Å². The molecule has 5 aromatic carbocycles. The molecule has 68 heavy (non-hydrogen) atoms. The summed E-state index contributed by atoms with van der Waals surface area (Å²) in [6.07, 6.45) is 9.04. The number of hydrogen-bond donors (Lipinski definition) is 0. The molecule has 2 heterocycles. The van der Waals surface area contributed by atoms with E-state index in [1.54, 1.807) is 28.4 Å². The van der Waals surface area contributed by atoms with Gasteiger partial charge in [-0.2, -0.15) is 0 Å². The minimum absolute atomic E-state index is 0.289. The number of unbranched alkanes of at least 4 members (excludes halogenated alkanes) is 4. The van der Waals surface area contributed by atoms with Crippen LogP contribution in [0.2, 0.25) is 0 Å². The van der Waals surface area contributed by atoms with E-state index in [4.69, 9.17) is 37.9 Å². The summed E-state index contributed by atoms with van der Waals surface area (Å²) in [5.74, 6) is -1.16. The van der Waals surface area contributed by atoms with Crippen LogP contribution in [0.3, 0.4) is 0 Å². The first-order valence-corrected chi connectivity index (χ1v) is 24.6. The lowest BCUT2D eigenvalue weighted by Crippen LogP contribution is -2.47. The summed E-state index contributed by atoms with van der Waals surface area (Å²) in [4.78, 5) is 61.9. The molecule has 2 aliphatic heterocycles. The third-order valence-electron chi connectivity index (χ3n) is 13.5. The number of benzene rings is 5. The van der Waals surface area contributed by atoms with Gasteiger partial charge in [0, 0.05) is 100.0 Å². The molecule has 7 rings (SSSR count). The van der Waals surface area contributed by atoms with Crippen LogP contribution in [0.4, 0.5) is 0 Å². The van der Waals surface area contributed by atoms with Gasteiger partial charge in [-0.25, -0.2) is 0 Å². The highest BCUT2D eigenvalue weighted by molar-refractivity contribution is 6.41. The average molecular weight is 939 g/mol. The van der Waals surface area contributed by atoms with Crippen LogP contribution in [0, 0.1) is 0 Å². The van der Waals surface area contributed by atoms with Crippen LogP contribution in [-0.2, 0) is 37.9 Å². The summed E-state index contributed by atoms with van der Waals surface area (Å²) in [5, 5.41) is 6.43. The van der Waals surface area contributed by atoms with E-state index in [0.29, 0.717) is 138 Å². The van der Waals surface area contributed by atoms with E-state index in [2.05, 4.69) is 0 Å². The van der Waals surface area contributed by atoms with E-state index in [0.717, 1.165) is 83.7 Å². The lowest BCUT2D eigenvalue weighted by atomic mass is 9.81. The Morgan fingerprint density at radius 1 is 0.324 bits per heavy atom. The molecule has 0 saturated heterocycles. The fourth-order valence-electron chi connectivity index (χ4n) is 10.1. The lowest BCUT2D eigenvalue weighted by Gasteiger charge is -2.35. The fourth-order valence-corrected chi connectivity index (χ4v) is 10.1. The molecule has 14 nitrogen and oxygen atoms in total. The molecule has 0 fully saturated rings. The van der Waals surface area contributed by atoms with Crippen molar-refractivity contribution in [3.8, 4) is 0 Å². The first-order chi connectivity index (χ1) is 33.4. The van der Waals surface area contributed by atoms with Gasteiger partial charge in [-0.05, 0) is 134 Å². The van der Waals surface area contributed by atoms with Crippen molar-refractivity contribution >= 4 is 66.7 Å². The van der Waals surface area contributed by atoms with Crippen molar-refractivity contribution in [1.82, 2.24) is 9.80 Å². The highest BCUT2D eigenvalue weighted by Crippen LogP contribution is 2.47. The maximum Gasteiger partial charge on any atom is 0.261 e. The van der Waals surface area contributed by atoms with Gasteiger partial charge in [-0.15, -0.1) is 0 Å². The molecule has 0 atom stereocenters. The van der Waals surface area contributed by atoms with Crippen molar-refractivity contribution in [2.45, 2.75) is 89.1 Å². The normalized spacial score (nSPS) is 14.0. The Balaban J connectivity index is 1.17. The number of carbonyl (C=O) groups is 4. The maximum atomic E-state index is 14.7. The number of methoxy groups -OCH3 is 4. The van der Waals surface area contributed by atoms with Crippen molar-refractivity contribution in [2.75, 3.05) is 108 Å². The molecule has 5 aromatic rings. The summed E-state index contributed by atoms with van der Waals surface area (Å²) in [6.45, 7) is 6.53. The minimum atomic E-state index is -0.297. The van der Waals surface area contributed by atoms with Crippen molar-refractivity contribution in [2.24, 2.45) is 0 Å². The maximum absolute atomic E-state index is 14.7. The van der Waals surface area contributed by atoms with Crippen molar-refractivity contribution in [1.29, 1.82) is 0 Å². The molecule has 0 saturated carbocycles. The van der Waals surface area contributed by atoms with Crippen LogP contribution < -0.4 is 0 Å². The summed E-state index contributed by atoms with van der Waals surface area (Å²) < 4.78 is 43.3. The Labute approximate surface area is 400 Å². The van der Waals surface area contributed by atoms with E-state index in [1.165, 1.54) is 9.80 Å². The average Bonchev–Trinajstić information content (AvgIpc) is 3.35. The van der Waals surface area contributed by atoms with Gasteiger partial charge in [0.05, 0.1) is 52.9 Å². The molecule has 4 amide bonds. The molecule has 0 radical (unpaired) electrons. The minimum Gasteiger partial charge on any atom is -0.382 e. The second-order valence-corrected chi connectivity index (χ2v) is 17.8. The number of fused-ring (bicyclic) bond motifs is 2. The molecule has 2 aliphatic rings. The Bertz CT molecular complexity index is 2150. The molecule has 0 bridgehead atoms. The first-order valence-electron chi connectivity index (χ1n) is 24.6. The number of nitrogens with zero attached hydrogens (tertiary/aromatic N) is 2. The Morgan fingerprint density at radius 3 is 0.809 bits per heavy atom. The summed E-state index contributed by atoms with van der Waals surface area (Å²) in [7, 11) is 6.59. The van der Waals surface area contributed by atoms with E-state index >= 15 is 0 Å². The predicted molar refractivity (Wildman–Crippen MR) is 262 cm³/mol. The molecule has 0 N–H and O–H groups in total. The second kappa shape index (κ2) is 25.8. The standard InChI is InChI=1S/C54H70N2O12/c1-61-29-33-65-25-9-5-13-37(14-6-10-26-66-34-30-62-2)55-51(57)43-21-17-39-41-19-23-45-50-46(24-20-42(48(41)50)40-18-22-44(52(55)58)49(43)47(39)40)54(60)56(53(45)59)38(15-7-11-27-67-35-31-63-3)16-8-12-28-68-36-32-64-4/h17-24,37-38H,5-16,25-36H2,1-4H3. The summed E-state index contributed by atoms with van der Waals surface area (Å²) in [6, 6.07) is 14.7. The summed E-state index contributed by atoms with van der Waals surface area (Å²) in [5.41, 5.74) is 2.00. The van der Waals surface area contributed by atoms with Crippen molar-refractivity contribution < 1.29 is 57.1 Å². The van der Waals surface area contributed by atoms with Gasteiger partial charge in [0.25, 0.3) is 23.6 Å². The molecular formula is C54H70N2O12. The zero-order valence-corrected chi connectivity index (χ0v) is 40.5. The summed E-state index contributed by atoms with van der Waals surface area (Å²) >= 11 is 0. The molecule has 368 valence electrons. The van der Waals surface area contributed by atoms with Crippen LogP contribution in [0.15, 0.2) is 48.5 Å². The van der Waals surface area contributed by atoms with E-state index < -0.39 is 0 Å². The Morgan fingerprint density at radius 2 is 0.574 bits per heavy atom. The van der Waals surface area contributed by atoms with Gasteiger partial charge in [0.15, 0.2) is 0 Å². The molecule has 0 aliphatic carbocycles. The number of imide groups is 2. The molecule has 14 heteroatoms. The molecule has 0 aromatic heterocycles. The smallest absolute Gasteiger partial charge is 0.261 e. The highest BCUT2D eigenvalue weighted by atomic mass is 16.5. The van der Waals surface area contributed by atoms with Gasteiger partial charge in [-0.3, -0.25) is 29.0 Å². The van der Waals surface area contributed by atoms with Crippen molar-refractivity contribution in [3.63, 3.8) is 0 Å². The molecule has 0 unspecified atom stereocenters. The van der Waals surface area contributed by atoms with E-state index in [9.17, 15) is 19.2 Å². The Kier molecular flexibility index (Phi) is 19.4. The monoisotopic (exact) mass is 938 g/mol. The molecular weight excluding hydrogens is 869 g/mol. The van der Waals surface area contributed by atoms with Gasteiger partial charge in [0.1, 0.15) is 0 Å². The van der Waals surface area contributed by atoms with E-state index in [1.807, 2.05) is 48.5 Å². The zero-order chi connectivity index (χ0) is 47.8. The number of carbonyl (C=O) groups excluding carboxylic acids is 4. The van der Waals surface area contributed by atoms with Crippen molar-refractivity contribution in [3.05, 3.63) is 70.8 Å². The second-order valence-electron chi connectivity index (χ2n) is 17.8. The van der Waals surface area contributed by atoms with E-state index in [-0.39, 0.29) is 35.7 Å². The van der Waals surface area contributed by atoms with Gasteiger partial charge in [-0.1, -0.05) is 24.3 Å². The quantitative estimate of drug-likeness (QED) is 0.0168. The van der Waals surface area contributed by atoms with Crippen LogP contribution in [-0.4, -0.2) is 153 Å². The number of amides is 4. The van der Waals surface area contributed by atoms with Gasteiger partial charge < -0.3 is 37.9 Å². The molecule has 0 spiro atoms. The SMILES string of the molecule is COCCOCCCCC(CCCCOCCOC)N1C(=O)c2ccc3c4ccc5c6c(ccc(c7ccc(c2c37)C1=O)c64)C(=O)N(C(CCCCOCCOC)CCCCOCCOC)C5=O. The third kappa shape index (κ3) is 11.5. The predicted octanol–water partition coefficient (Wildman–Crippen LogP) is 9.00. The first kappa shape index (κ1) is 51.2. The zero-order valence-electron chi connectivity index (χ0n) is 40.5. The van der Waals surface area contributed by atoms with Crippen LogP contribution in [0.25, 0.3) is 43.1 Å². The topological polar surface area (TPSA) is 149 Å². The number of ether oxygens (including phenoxy) is 8. The lowest BCUT2D eigenvalue weighted by molar-refractivity contribution is 0.0480. The van der Waals surface area contributed by atoms with Gasteiger partial charge in [0.2, 0.25) is 0 Å². The Hall–Kier alpha value is -4.64. The van der Waals surface area contributed by atoms with Crippen LogP contribution in [0.5, 0.6) is 0 Å². The third-order valence-corrected chi connectivity index (χ3v) is 13.5. The largest absolute Gasteiger partial charge is 0.382 e. The van der Waals surface area contributed by atoms with Crippen LogP contribution in [0.1, 0.15) is 118 Å². The fraction of sp³-hybridized carbons (Fsp3) is 0.556.